The molecule has 1 rings (SSSR count). The van der Waals surface area contributed by atoms with Gasteiger partial charge in [-0.05, 0) is 31.6 Å². The zero-order valence-electron chi connectivity index (χ0n) is 4.46. The molecule has 39 valence electrons. The second-order valence-electron chi connectivity index (χ2n) is 1.63. The fourth-order valence-corrected chi connectivity index (χ4v) is 0.623. The van der Waals surface area contributed by atoms with E-state index in [1.807, 2.05) is 25.7 Å². The van der Waals surface area contributed by atoms with Crippen LogP contribution in [-0.2, 0) is 0 Å². The van der Waals surface area contributed by atoms with Gasteiger partial charge in [0.25, 0.3) is 0 Å². The van der Waals surface area contributed by atoms with Crippen LogP contribution >= 0.6 is 0 Å². The topological polar surface area (TPSA) is 23.8 Å². The minimum absolute atomic E-state index is 0.535. The van der Waals surface area contributed by atoms with Crippen molar-refractivity contribution in [3.8, 4) is 6.07 Å². The van der Waals surface area contributed by atoms with Gasteiger partial charge >= 0.3 is 0 Å². The van der Waals surface area contributed by atoms with Crippen molar-refractivity contribution >= 4 is 0 Å². The zero-order valence-corrected chi connectivity index (χ0v) is 4.46. The molecule has 1 nitrogen and oxygen atoms in total. The summed E-state index contributed by atoms with van der Waals surface area (Å²) in [7, 11) is 0. The van der Waals surface area contributed by atoms with Crippen LogP contribution in [0.1, 0.15) is 6.42 Å². The van der Waals surface area contributed by atoms with E-state index in [0.29, 0.717) is 6.42 Å². The molecule has 0 aromatic heterocycles. The molecule has 5 radical (unpaired) electrons. The predicted molar refractivity (Wildman–Crippen MR) is 30.7 cm³/mol. The molecule has 1 saturated carbocycles. The summed E-state index contributed by atoms with van der Waals surface area (Å²) in [6.07, 6.45) is 8.30. The number of hydrogen-bond donors (Lipinski definition) is 0. The van der Waals surface area contributed by atoms with Gasteiger partial charge in [-0.2, -0.15) is 5.26 Å². The summed E-state index contributed by atoms with van der Waals surface area (Å²) >= 11 is 0. The van der Waals surface area contributed by atoms with Gasteiger partial charge in [0.1, 0.15) is 0 Å². The van der Waals surface area contributed by atoms with E-state index in [1.165, 1.54) is 0 Å². The van der Waals surface area contributed by atoms with Crippen LogP contribution in [0.2, 0.25) is 0 Å². The van der Waals surface area contributed by atoms with Crippen LogP contribution in [0.3, 0.4) is 0 Å². The first kappa shape index (κ1) is 5.62. The Kier molecular flexibility index (Phi) is 1.91. The number of nitriles is 1. The van der Waals surface area contributed by atoms with Gasteiger partial charge in [-0.15, -0.1) is 0 Å². The van der Waals surface area contributed by atoms with Crippen molar-refractivity contribution < 1.29 is 0 Å². The zero-order chi connectivity index (χ0) is 5.82. The molecule has 0 aromatic rings. The summed E-state index contributed by atoms with van der Waals surface area (Å²) in [5.74, 6) is 1.10. The fourth-order valence-electron chi connectivity index (χ4n) is 0.623. The highest BCUT2D eigenvalue weighted by molar-refractivity contribution is 5.36. The van der Waals surface area contributed by atoms with Gasteiger partial charge in [-0.3, -0.25) is 0 Å². The van der Waals surface area contributed by atoms with Crippen LogP contribution in [0.4, 0.5) is 0 Å². The second-order valence-corrected chi connectivity index (χ2v) is 1.63. The summed E-state index contributed by atoms with van der Waals surface area (Å²) in [6, 6.07) is 2.07. The molecule has 0 bridgehead atoms. The Morgan fingerprint density at radius 3 is 2.50 bits per heavy atom. The molecule has 0 spiro atoms. The van der Waals surface area contributed by atoms with Crippen molar-refractivity contribution in [2.45, 2.75) is 6.42 Å². The molecule has 0 saturated heterocycles. The third-order valence-corrected chi connectivity index (χ3v) is 1.01. The second kappa shape index (κ2) is 2.71. The first-order valence-corrected chi connectivity index (χ1v) is 2.51. The van der Waals surface area contributed by atoms with Crippen LogP contribution in [0.15, 0.2) is 0 Å². The standard InChI is InChI=1S/C7H6N/c8-6-5-7-3-1-2-4-7/h1-4H,5H2. The van der Waals surface area contributed by atoms with Crippen LogP contribution < -0.4 is 0 Å². The first-order valence-electron chi connectivity index (χ1n) is 2.51. The van der Waals surface area contributed by atoms with Crippen LogP contribution in [0, 0.1) is 42.9 Å². The van der Waals surface area contributed by atoms with Crippen LogP contribution in [-0.4, -0.2) is 0 Å². The predicted octanol–water partition coefficient (Wildman–Crippen LogP) is 1.31. The fraction of sp³-hybridized carbons (Fsp3) is 0.143. The SMILES string of the molecule is N#CC[C]1[CH][CH][CH][CH]1. The van der Waals surface area contributed by atoms with Crippen molar-refractivity contribution in [2.24, 2.45) is 0 Å². The average molecular weight is 104 g/mol. The Morgan fingerprint density at radius 2 is 2.00 bits per heavy atom. The minimum atomic E-state index is 0.535. The van der Waals surface area contributed by atoms with E-state index in [9.17, 15) is 0 Å². The molecule has 0 unspecified atom stereocenters. The lowest BCUT2D eigenvalue weighted by molar-refractivity contribution is 1.10. The molecule has 0 N–H and O–H groups in total. The van der Waals surface area contributed by atoms with Gasteiger partial charge in [0.15, 0.2) is 0 Å². The first-order chi connectivity index (χ1) is 3.93. The van der Waals surface area contributed by atoms with E-state index < -0.39 is 0 Å². The van der Waals surface area contributed by atoms with Gasteiger partial charge in [-0.25, -0.2) is 0 Å². The molecule has 1 heteroatoms. The molecular weight excluding hydrogens is 98.1 g/mol. The lowest BCUT2D eigenvalue weighted by Gasteiger charge is -1.95. The lowest BCUT2D eigenvalue weighted by atomic mass is 10.1. The average Bonchev–Trinajstić information content (AvgIpc) is 2.19. The molecule has 0 atom stereocenters. The molecule has 8 heavy (non-hydrogen) atoms. The maximum atomic E-state index is 8.19. The largest absolute Gasteiger partial charge is 0.198 e. The van der Waals surface area contributed by atoms with Crippen molar-refractivity contribution in [1.82, 2.24) is 0 Å². The maximum absolute atomic E-state index is 8.19. The highest BCUT2D eigenvalue weighted by atomic mass is 14.3. The van der Waals surface area contributed by atoms with E-state index in [-0.39, 0.29) is 0 Å². The van der Waals surface area contributed by atoms with Crippen molar-refractivity contribution in [3.63, 3.8) is 0 Å². The smallest absolute Gasteiger partial charge is 0.0628 e. The van der Waals surface area contributed by atoms with Gasteiger partial charge in [-0.1, -0.05) is 0 Å². The molecule has 1 aliphatic carbocycles. The third-order valence-electron chi connectivity index (χ3n) is 1.01. The van der Waals surface area contributed by atoms with Gasteiger partial charge in [0.05, 0.1) is 6.07 Å². The molecule has 0 heterocycles. The molecule has 0 aromatic carbocycles. The Hall–Kier alpha value is -0.510. The quantitative estimate of drug-likeness (QED) is 0.492. The maximum Gasteiger partial charge on any atom is 0.0628 e. The Labute approximate surface area is 50.3 Å². The third kappa shape index (κ3) is 1.23. The summed E-state index contributed by atoms with van der Waals surface area (Å²) in [4.78, 5) is 0. The monoisotopic (exact) mass is 104 g/mol. The summed E-state index contributed by atoms with van der Waals surface area (Å²) < 4.78 is 0. The van der Waals surface area contributed by atoms with Crippen molar-refractivity contribution in [3.05, 3.63) is 31.6 Å². The van der Waals surface area contributed by atoms with E-state index in [4.69, 9.17) is 5.26 Å². The molecule has 0 aliphatic heterocycles. The number of nitrogens with zero attached hydrogens (tertiary/aromatic N) is 1. The van der Waals surface area contributed by atoms with E-state index in [1.54, 1.807) is 0 Å². The van der Waals surface area contributed by atoms with Gasteiger partial charge in [0, 0.05) is 6.42 Å². The molecule has 0 amide bonds. The highest BCUT2D eigenvalue weighted by Gasteiger charge is 2.15. The van der Waals surface area contributed by atoms with E-state index >= 15 is 0 Å². The number of hydrogen-bond acceptors (Lipinski definition) is 1. The normalized spacial score (nSPS) is 20.9. The molecule has 1 fully saturated rings. The Morgan fingerprint density at radius 1 is 1.38 bits per heavy atom. The van der Waals surface area contributed by atoms with E-state index in [0.717, 1.165) is 5.92 Å². The van der Waals surface area contributed by atoms with Gasteiger partial charge in [0.2, 0.25) is 0 Å². The van der Waals surface area contributed by atoms with E-state index in [2.05, 4.69) is 6.07 Å². The van der Waals surface area contributed by atoms with Gasteiger partial charge < -0.3 is 0 Å². The number of rotatable bonds is 1. The summed E-state index contributed by atoms with van der Waals surface area (Å²) in [5.41, 5.74) is 0. The minimum Gasteiger partial charge on any atom is -0.198 e. The lowest BCUT2D eigenvalue weighted by Crippen LogP contribution is -1.87. The summed E-state index contributed by atoms with van der Waals surface area (Å²) in [5, 5.41) is 8.19. The molecule has 1 aliphatic rings. The highest BCUT2D eigenvalue weighted by Crippen LogP contribution is 2.24. The Bertz CT molecular complexity index is 95.4. The molecular formula is C7H6N. The van der Waals surface area contributed by atoms with Crippen molar-refractivity contribution in [2.75, 3.05) is 0 Å². The van der Waals surface area contributed by atoms with Crippen LogP contribution in [0.25, 0.3) is 0 Å². The Balaban J connectivity index is 2.17. The van der Waals surface area contributed by atoms with Crippen molar-refractivity contribution in [1.29, 1.82) is 5.26 Å². The summed E-state index contributed by atoms with van der Waals surface area (Å²) in [6.45, 7) is 0. The van der Waals surface area contributed by atoms with Crippen LogP contribution in [0.5, 0.6) is 0 Å².